The Morgan fingerprint density at radius 2 is 1.76 bits per heavy atom. The Morgan fingerprint density at radius 3 is 2.39 bits per heavy atom. The molecule has 0 atom stereocenters. The Hall–Kier alpha value is -2.78. The van der Waals surface area contributed by atoms with Crippen molar-refractivity contribution in [3.8, 4) is 11.5 Å². The van der Waals surface area contributed by atoms with Crippen molar-refractivity contribution in [2.75, 3.05) is 51.2 Å². The Bertz CT molecular complexity index is 1030. The molecule has 0 aromatic heterocycles. The second kappa shape index (κ2) is 11.4. The first-order valence-corrected chi connectivity index (χ1v) is 12.6. The molecule has 3 rings (SSSR count). The number of methoxy groups -OCH3 is 2. The summed E-state index contributed by atoms with van der Waals surface area (Å²) < 4.78 is 38.9. The molecule has 33 heavy (non-hydrogen) atoms. The van der Waals surface area contributed by atoms with Crippen molar-refractivity contribution in [2.24, 2.45) is 0 Å². The monoisotopic (exact) mass is 475 g/mol. The molecule has 0 saturated carbocycles. The van der Waals surface area contributed by atoms with E-state index in [4.69, 9.17) is 9.47 Å². The first-order valence-electron chi connectivity index (χ1n) is 11.2. The molecule has 0 unspecified atom stereocenters. The van der Waals surface area contributed by atoms with Crippen molar-refractivity contribution >= 4 is 21.6 Å². The topological polar surface area (TPSA) is 88.2 Å². The number of anilines is 1. The van der Waals surface area contributed by atoms with Crippen molar-refractivity contribution in [2.45, 2.75) is 31.1 Å². The number of carbonyl (C=O) groups excluding carboxylic acids is 1. The van der Waals surface area contributed by atoms with Gasteiger partial charge in [-0.3, -0.25) is 9.10 Å². The maximum Gasteiger partial charge on any atom is 0.264 e. The largest absolute Gasteiger partial charge is 0.497 e. The van der Waals surface area contributed by atoms with Crippen LogP contribution in [-0.2, 0) is 14.8 Å². The van der Waals surface area contributed by atoms with E-state index in [-0.39, 0.29) is 23.0 Å². The second-order valence-corrected chi connectivity index (χ2v) is 9.98. The third-order valence-electron chi connectivity index (χ3n) is 5.72. The van der Waals surface area contributed by atoms with E-state index in [9.17, 15) is 13.2 Å². The highest BCUT2D eigenvalue weighted by atomic mass is 32.2. The van der Waals surface area contributed by atoms with Gasteiger partial charge in [-0.2, -0.15) is 0 Å². The lowest BCUT2D eigenvalue weighted by Crippen LogP contribution is -2.41. The molecule has 8 nitrogen and oxygen atoms in total. The zero-order chi connectivity index (χ0) is 23.8. The minimum atomic E-state index is -4.02. The number of rotatable bonds is 11. The maximum atomic E-state index is 13.6. The van der Waals surface area contributed by atoms with E-state index >= 15 is 0 Å². The van der Waals surface area contributed by atoms with Gasteiger partial charge >= 0.3 is 0 Å². The third-order valence-corrected chi connectivity index (χ3v) is 7.50. The Labute approximate surface area is 196 Å². The Morgan fingerprint density at radius 1 is 1.06 bits per heavy atom. The van der Waals surface area contributed by atoms with Crippen LogP contribution in [0, 0.1) is 6.92 Å². The smallest absolute Gasteiger partial charge is 0.264 e. The highest BCUT2D eigenvalue weighted by molar-refractivity contribution is 7.92. The fourth-order valence-corrected chi connectivity index (χ4v) is 5.28. The van der Waals surface area contributed by atoms with Crippen LogP contribution in [-0.4, -0.2) is 66.2 Å². The normalized spacial score (nSPS) is 14.2. The average molecular weight is 476 g/mol. The van der Waals surface area contributed by atoms with E-state index < -0.39 is 10.0 Å². The maximum absolute atomic E-state index is 13.6. The number of benzene rings is 2. The third kappa shape index (κ3) is 6.39. The number of hydrogen-bond acceptors (Lipinski definition) is 6. The molecule has 0 radical (unpaired) electrons. The van der Waals surface area contributed by atoms with E-state index in [1.54, 1.807) is 42.5 Å². The summed E-state index contributed by atoms with van der Waals surface area (Å²) >= 11 is 0. The number of amides is 1. The highest BCUT2D eigenvalue weighted by Crippen LogP contribution is 2.35. The number of aryl methyl sites for hydroxylation is 1. The zero-order valence-electron chi connectivity index (χ0n) is 19.5. The first kappa shape index (κ1) is 24.9. The van der Waals surface area contributed by atoms with E-state index in [0.29, 0.717) is 18.0 Å². The molecule has 1 saturated heterocycles. The summed E-state index contributed by atoms with van der Waals surface area (Å²) in [6, 6.07) is 11.4. The van der Waals surface area contributed by atoms with Crippen LogP contribution in [0.15, 0.2) is 47.4 Å². The molecule has 2 aromatic carbocycles. The van der Waals surface area contributed by atoms with Crippen molar-refractivity contribution < 1.29 is 22.7 Å². The molecule has 0 spiro atoms. The molecule has 0 aliphatic carbocycles. The summed E-state index contributed by atoms with van der Waals surface area (Å²) in [4.78, 5) is 15.3. The number of sulfonamides is 1. The van der Waals surface area contributed by atoms with Gasteiger partial charge in [0, 0.05) is 12.6 Å². The SMILES string of the molecule is COc1ccc(N(CC(=O)NCCCN2CCCC2)S(=O)(=O)c2ccc(C)cc2)c(OC)c1. The number of hydrogen-bond donors (Lipinski definition) is 1. The van der Waals surface area contributed by atoms with E-state index in [2.05, 4.69) is 10.2 Å². The lowest BCUT2D eigenvalue weighted by molar-refractivity contribution is -0.119. The minimum Gasteiger partial charge on any atom is -0.497 e. The van der Waals surface area contributed by atoms with Crippen molar-refractivity contribution in [1.82, 2.24) is 10.2 Å². The quantitative estimate of drug-likeness (QED) is 0.503. The van der Waals surface area contributed by atoms with Gasteiger partial charge in [-0.15, -0.1) is 0 Å². The van der Waals surface area contributed by atoms with Gasteiger partial charge in [0.25, 0.3) is 10.0 Å². The molecule has 9 heteroatoms. The van der Waals surface area contributed by atoms with Crippen LogP contribution in [0.4, 0.5) is 5.69 Å². The second-order valence-electron chi connectivity index (χ2n) is 8.11. The van der Waals surface area contributed by atoms with Crippen LogP contribution in [0.3, 0.4) is 0 Å². The number of likely N-dealkylation sites (tertiary alicyclic amines) is 1. The van der Waals surface area contributed by atoms with Crippen LogP contribution < -0.4 is 19.1 Å². The van der Waals surface area contributed by atoms with Crippen LogP contribution in [0.1, 0.15) is 24.8 Å². The number of carbonyl (C=O) groups is 1. The summed E-state index contributed by atoms with van der Waals surface area (Å²) in [7, 11) is -1.05. The van der Waals surface area contributed by atoms with Gasteiger partial charge in [0.05, 0.1) is 24.8 Å². The molecule has 0 bridgehead atoms. The van der Waals surface area contributed by atoms with Gasteiger partial charge < -0.3 is 19.7 Å². The molecule has 1 aliphatic heterocycles. The summed E-state index contributed by atoms with van der Waals surface area (Å²) in [6.45, 7) is 5.16. The number of nitrogens with zero attached hydrogens (tertiary/aromatic N) is 2. The van der Waals surface area contributed by atoms with Gasteiger partial charge in [0.2, 0.25) is 5.91 Å². The molecular formula is C24H33N3O5S. The van der Waals surface area contributed by atoms with Gasteiger partial charge in [-0.1, -0.05) is 17.7 Å². The summed E-state index contributed by atoms with van der Waals surface area (Å²) in [5.74, 6) is 0.450. The average Bonchev–Trinajstić information content (AvgIpc) is 3.34. The van der Waals surface area contributed by atoms with Crippen LogP contribution in [0.2, 0.25) is 0 Å². The van der Waals surface area contributed by atoms with Crippen molar-refractivity contribution in [3.63, 3.8) is 0 Å². The summed E-state index contributed by atoms with van der Waals surface area (Å²) in [6.07, 6.45) is 3.27. The lowest BCUT2D eigenvalue weighted by Gasteiger charge is -2.26. The van der Waals surface area contributed by atoms with Crippen molar-refractivity contribution in [3.05, 3.63) is 48.0 Å². The van der Waals surface area contributed by atoms with E-state index in [1.165, 1.54) is 27.1 Å². The van der Waals surface area contributed by atoms with Gasteiger partial charge in [-0.25, -0.2) is 8.42 Å². The standard InChI is InChI=1S/C24H33N3O5S/c1-19-7-10-21(11-8-19)33(29,30)27(22-12-9-20(31-2)17-23(22)32-3)18-24(28)25-13-6-16-26-14-4-5-15-26/h7-12,17H,4-6,13-16,18H2,1-3H3,(H,25,28). The summed E-state index contributed by atoms with van der Waals surface area (Å²) in [5, 5.41) is 2.86. The minimum absolute atomic E-state index is 0.104. The van der Waals surface area contributed by atoms with Crippen LogP contribution in [0.5, 0.6) is 11.5 Å². The van der Waals surface area contributed by atoms with Crippen LogP contribution >= 0.6 is 0 Å². The van der Waals surface area contributed by atoms with Gasteiger partial charge in [0.15, 0.2) is 0 Å². The Kier molecular flexibility index (Phi) is 8.57. The number of ether oxygens (including phenoxy) is 2. The lowest BCUT2D eigenvalue weighted by atomic mass is 10.2. The van der Waals surface area contributed by atoms with E-state index in [0.717, 1.165) is 35.9 Å². The molecule has 1 fully saturated rings. The van der Waals surface area contributed by atoms with Crippen molar-refractivity contribution in [1.29, 1.82) is 0 Å². The zero-order valence-corrected chi connectivity index (χ0v) is 20.4. The molecule has 1 heterocycles. The fourth-order valence-electron chi connectivity index (χ4n) is 3.85. The van der Waals surface area contributed by atoms with E-state index in [1.807, 2.05) is 6.92 Å². The highest BCUT2D eigenvalue weighted by Gasteiger charge is 2.29. The van der Waals surface area contributed by atoms with Crippen LogP contribution in [0.25, 0.3) is 0 Å². The molecule has 1 N–H and O–H groups in total. The molecule has 2 aromatic rings. The Balaban J connectivity index is 1.81. The predicted molar refractivity (Wildman–Crippen MR) is 129 cm³/mol. The molecule has 1 amide bonds. The van der Waals surface area contributed by atoms with Gasteiger partial charge in [0.1, 0.15) is 18.0 Å². The predicted octanol–water partition coefficient (Wildman–Crippen LogP) is 2.81. The molecular weight excluding hydrogens is 442 g/mol. The molecule has 1 aliphatic rings. The number of nitrogens with one attached hydrogen (secondary N) is 1. The molecule has 180 valence electrons. The first-order chi connectivity index (χ1) is 15.8. The van der Waals surface area contributed by atoms with Gasteiger partial charge in [-0.05, 0) is 70.1 Å². The fraction of sp³-hybridized carbons (Fsp3) is 0.458. The summed E-state index contributed by atoms with van der Waals surface area (Å²) in [5.41, 5.74) is 1.21.